The maximum absolute atomic E-state index is 12.4. The number of fused-ring (bicyclic) bond motifs is 2. The molecule has 1 N–H and O–H groups in total. The number of allylic oxidation sites excluding steroid dienone is 2. The fourth-order valence-electron chi connectivity index (χ4n) is 2.60. The van der Waals surface area contributed by atoms with Crippen LogP contribution >= 0.6 is 0 Å². The van der Waals surface area contributed by atoms with Crippen molar-refractivity contribution in [3.63, 3.8) is 0 Å². The van der Waals surface area contributed by atoms with Gasteiger partial charge in [-0.2, -0.15) is 0 Å². The number of hydrogen-bond acceptors (Lipinski definition) is 3. The van der Waals surface area contributed by atoms with Crippen molar-refractivity contribution in [2.75, 3.05) is 5.32 Å². The highest BCUT2D eigenvalue weighted by Gasteiger charge is 2.37. The molecule has 18 heavy (non-hydrogen) atoms. The molecule has 0 bridgehead atoms. The molecule has 0 fully saturated rings. The molecule has 1 aliphatic heterocycles. The van der Waals surface area contributed by atoms with Gasteiger partial charge < -0.3 is 5.32 Å². The normalized spacial score (nSPS) is 24.7. The Morgan fingerprint density at radius 1 is 1.28 bits per heavy atom. The van der Waals surface area contributed by atoms with Crippen molar-refractivity contribution < 1.29 is 9.59 Å². The van der Waals surface area contributed by atoms with Gasteiger partial charge >= 0.3 is 0 Å². The zero-order valence-corrected chi connectivity index (χ0v) is 10.0. The molecule has 90 valence electrons. The largest absolute Gasteiger partial charge is 0.376 e. The predicted molar refractivity (Wildman–Crippen MR) is 69.6 cm³/mol. The molecule has 2 atom stereocenters. The van der Waals surface area contributed by atoms with E-state index >= 15 is 0 Å². The Labute approximate surface area is 105 Å². The third-order valence-electron chi connectivity index (χ3n) is 3.50. The molecule has 0 aromatic heterocycles. The van der Waals surface area contributed by atoms with Crippen LogP contribution in [-0.2, 0) is 4.79 Å². The lowest BCUT2D eigenvalue weighted by Crippen LogP contribution is -2.42. The minimum absolute atomic E-state index is 0.00836. The molecule has 0 saturated heterocycles. The number of ketones is 2. The van der Waals surface area contributed by atoms with Crippen molar-refractivity contribution >= 4 is 17.3 Å². The van der Waals surface area contributed by atoms with Gasteiger partial charge in [0.25, 0.3) is 0 Å². The van der Waals surface area contributed by atoms with Gasteiger partial charge in [0.15, 0.2) is 11.6 Å². The molecule has 1 aromatic rings. The summed E-state index contributed by atoms with van der Waals surface area (Å²) in [6.07, 6.45) is 5.45. The summed E-state index contributed by atoms with van der Waals surface area (Å²) in [6, 6.07) is 7.21. The van der Waals surface area contributed by atoms with Gasteiger partial charge in [-0.05, 0) is 19.1 Å². The Balaban J connectivity index is 2.09. The summed E-state index contributed by atoms with van der Waals surface area (Å²) in [4.78, 5) is 24.0. The summed E-state index contributed by atoms with van der Waals surface area (Å²) < 4.78 is 0. The van der Waals surface area contributed by atoms with E-state index in [2.05, 4.69) is 5.32 Å². The molecule has 0 radical (unpaired) electrons. The molecule has 0 saturated carbocycles. The van der Waals surface area contributed by atoms with Gasteiger partial charge in [0.1, 0.15) is 0 Å². The Hall–Kier alpha value is -2.16. The number of carbonyl (C=O) groups is 2. The van der Waals surface area contributed by atoms with E-state index in [9.17, 15) is 9.59 Å². The molecule has 3 nitrogen and oxygen atoms in total. The highest BCUT2D eigenvalue weighted by atomic mass is 16.1. The van der Waals surface area contributed by atoms with Gasteiger partial charge in [-0.3, -0.25) is 9.59 Å². The van der Waals surface area contributed by atoms with Crippen molar-refractivity contribution in [3.8, 4) is 0 Å². The molecule has 0 spiro atoms. The molecule has 1 heterocycles. The molecule has 3 rings (SSSR count). The minimum atomic E-state index is -0.274. The topological polar surface area (TPSA) is 46.2 Å². The van der Waals surface area contributed by atoms with E-state index in [0.717, 1.165) is 5.69 Å². The number of hydrogen-bond donors (Lipinski definition) is 1. The maximum Gasteiger partial charge on any atom is 0.174 e. The van der Waals surface area contributed by atoms with Gasteiger partial charge in [-0.25, -0.2) is 0 Å². The minimum Gasteiger partial charge on any atom is -0.376 e. The number of nitrogens with one attached hydrogen (secondary N) is 1. The van der Waals surface area contributed by atoms with Crippen LogP contribution in [0.15, 0.2) is 48.1 Å². The second kappa shape index (κ2) is 3.95. The monoisotopic (exact) mass is 239 g/mol. The van der Waals surface area contributed by atoms with E-state index in [1.54, 1.807) is 12.2 Å². The fourth-order valence-corrected chi connectivity index (χ4v) is 2.60. The Morgan fingerprint density at radius 3 is 2.83 bits per heavy atom. The van der Waals surface area contributed by atoms with Crippen LogP contribution in [-0.4, -0.2) is 17.6 Å². The Morgan fingerprint density at radius 2 is 2.06 bits per heavy atom. The molecule has 0 amide bonds. The average molecular weight is 239 g/mol. The molecule has 2 unspecified atom stereocenters. The lowest BCUT2D eigenvalue weighted by atomic mass is 9.79. The summed E-state index contributed by atoms with van der Waals surface area (Å²) in [7, 11) is 0. The highest BCUT2D eigenvalue weighted by Crippen LogP contribution is 2.34. The quantitative estimate of drug-likeness (QED) is 0.818. The third kappa shape index (κ3) is 1.51. The van der Waals surface area contributed by atoms with Crippen LogP contribution in [0.1, 0.15) is 17.3 Å². The lowest BCUT2D eigenvalue weighted by molar-refractivity contribution is -0.113. The van der Waals surface area contributed by atoms with Crippen LogP contribution in [0.25, 0.3) is 0 Å². The zero-order valence-electron chi connectivity index (χ0n) is 10.0. The molecule has 1 aromatic carbocycles. The SMILES string of the molecule is CC(=O)C1=CC=CC2C(=O)c3ccccc3NC12. The van der Waals surface area contributed by atoms with E-state index in [0.29, 0.717) is 11.1 Å². The molecule has 2 aliphatic rings. The van der Waals surface area contributed by atoms with E-state index < -0.39 is 0 Å². The Bertz CT molecular complexity index is 598. The number of Topliss-reactive ketones (excluding diaryl/α,β-unsaturated/α-hetero) is 2. The predicted octanol–water partition coefficient (Wildman–Crippen LogP) is 2.36. The second-order valence-electron chi connectivity index (χ2n) is 4.62. The molecule has 1 aliphatic carbocycles. The van der Waals surface area contributed by atoms with Gasteiger partial charge in [0, 0.05) is 16.8 Å². The van der Waals surface area contributed by atoms with Crippen molar-refractivity contribution in [2.45, 2.75) is 13.0 Å². The van der Waals surface area contributed by atoms with Crippen LogP contribution in [0.5, 0.6) is 0 Å². The summed E-state index contributed by atoms with van der Waals surface area (Å²) in [6.45, 7) is 1.54. The molecule has 3 heteroatoms. The average Bonchev–Trinajstić information content (AvgIpc) is 2.38. The number of para-hydroxylation sites is 1. The molecular weight excluding hydrogens is 226 g/mol. The molecular formula is C15H13NO2. The van der Waals surface area contributed by atoms with Crippen LogP contribution in [0.4, 0.5) is 5.69 Å². The number of carbonyl (C=O) groups excluding carboxylic acids is 2. The third-order valence-corrected chi connectivity index (χ3v) is 3.50. The van der Waals surface area contributed by atoms with E-state index in [1.807, 2.05) is 30.3 Å². The van der Waals surface area contributed by atoms with Crippen LogP contribution in [0, 0.1) is 5.92 Å². The zero-order chi connectivity index (χ0) is 12.7. The number of benzene rings is 1. The second-order valence-corrected chi connectivity index (χ2v) is 4.62. The standard InChI is InChI=1S/C15H13NO2/c1-9(17)10-6-4-7-12-14(10)16-13-8-3-2-5-11(13)15(12)18/h2-8,12,14,16H,1H3. The lowest BCUT2D eigenvalue weighted by Gasteiger charge is -2.34. The van der Waals surface area contributed by atoms with Crippen LogP contribution < -0.4 is 5.32 Å². The van der Waals surface area contributed by atoms with Crippen LogP contribution in [0.3, 0.4) is 0 Å². The first-order valence-electron chi connectivity index (χ1n) is 5.97. The van der Waals surface area contributed by atoms with Gasteiger partial charge in [0.2, 0.25) is 0 Å². The van der Waals surface area contributed by atoms with E-state index in [1.165, 1.54) is 6.92 Å². The van der Waals surface area contributed by atoms with Crippen molar-refractivity contribution in [2.24, 2.45) is 5.92 Å². The van der Waals surface area contributed by atoms with Gasteiger partial charge in [-0.1, -0.05) is 30.4 Å². The van der Waals surface area contributed by atoms with E-state index in [-0.39, 0.29) is 23.5 Å². The van der Waals surface area contributed by atoms with Crippen molar-refractivity contribution in [3.05, 3.63) is 53.6 Å². The fraction of sp³-hybridized carbons (Fsp3) is 0.200. The summed E-state index contributed by atoms with van der Waals surface area (Å²) in [5.74, 6) is -0.185. The first-order chi connectivity index (χ1) is 8.68. The summed E-state index contributed by atoms with van der Waals surface area (Å²) >= 11 is 0. The van der Waals surface area contributed by atoms with E-state index in [4.69, 9.17) is 0 Å². The van der Waals surface area contributed by atoms with Crippen LogP contribution in [0.2, 0.25) is 0 Å². The first-order valence-corrected chi connectivity index (χ1v) is 5.97. The Kier molecular flexibility index (Phi) is 2.40. The van der Waals surface area contributed by atoms with Gasteiger partial charge in [-0.15, -0.1) is 0 Å². The maximum atomic E-state index is 12.4. The number of rotatable bonds is 1. The smallest absolute Gasteiger partial charge is 0.174 e. The number of anilines is 1. The summed E-state index contributed by atoms with van der Waals surface area (Å²) in [5, 5.41) is 3.30. The van der Waals surface area contributed by atoms with Crippen molar-refractivity contribution in [1.82, 2.24) is 0 Å². The first kappa shape index (κ1) is 11.0. The van der Waals surface area contributed by atoms with Gasteiger partial charge in [0.05, 0.1) is 12.0 Å². The van der Waals surface area contributed by atoms with Crippen molar-refractivity contribution in [1.29, 1.82) is 0 Å². The highest BCUT2D eigenvalue weighted by molar-refractivity contribution is 6.08. The summed E-state index contributed by atoms with van der Waals surface area (Å²) in [5.41, 5.74) is 2.18.